The molecule has 126 valence electrons. The minimum absolute atomic E-state index is 0.224. The number of carboxylic acid groups (broad SMARTS) is 2. The van der Waals surface area contributed by atoms with Crippen LogP contribution in [0, 0.1) is 5.82 Å². The van der Waals surface area contributed by atoms with Gasteiger partial charge in [0, 0.05) is 24.5 Å². The van der Waals surface area contributed by atoms with Gasteiger partial charge >= 0.3 is 11.9 Å². The number of pyridine rings is 1. The molecule has 24 heavy (non-hydrogen) atoms. The Kier molecular flexibility index (Phi) is 7.80. The SMILES string of the molecule is CNC/C=C(/c1ccc(F)cc1)c1cccnc1.O=C(O)C(=O)O. The van der Waals surface area contributed by atoms with E-state index in [9.17, 15) is 4.39 Å². The molecule has 0 aliphatic rings. The third kappa shape index (κ3) is 6.37. The average molecular weight is 332 g/mol. The van der Waals surface area contributed by atoms with Crippen molar-refractivity contribution in [2.45, 2.75) is 0 Å². The lowest BCUT2D eigenvalue weighted by Crippen LogP contribution is -2.09. The van der Waals surface area contributed by atoms with Gasteiger partial charge in [0.1, 0.15) is 5.82 Å². The third-order valence-corrected chi connectivity index (χ3v) is 2.82. The maximum atomic E-state index is 13.0. The summed E-state index contributed by atoms with van der Waals surface area (Å²) in [6.45, 7) is 0.752. The molecule has 0 atom stereocenters. The molecule has 2 rings (SSSR count). The minimum Gasteiger partial charge on any atom is -0.473 e. The molecule has 0 bridgehead atoms. The van der Waals surface area contributed by atoms with E-state index in [1.54, 1.807) is 18.3 Å². The Balaban J connectivity index is 0.000000413. The van der Waals surface area contributed by atoms with Crippen molar-refractivity contribution >= 4 is 17.5 Å². The number of hydrogen-bond acceptors (Lipinski definition) is 4. The molecule has 2 aromatic rings. The highest BCUT2D eigenvalue weighted by Gasteiger charge is 2.05. The molecule has 0 fully saturated rings. The molecule has 0 saturated carbocycles. The van der Waals surface area contributed by atoms with Gasteiger partial charge in [0.05, 0.1) is 0 Å². The summed E-state index contributed by atoms with van der Waals surface area (Å²) in [5.41, 5.74) is 3.07. The molecule has 0 radical (unpaired) electrons. The van der Waals surface area contributed by atoms with Crippen molar-refractivity contribution < 1.29 is 24.2 Å². The van der Waals surface area contributed by atoms with Gasteiger partial charge in [0.15, 0.2) is 0 Å². The van der Waals surface area contributed by atoms with Crippen LogP contribution in [0.5, 0.6) is 0 Å². The second-order valence-corrected chi connectivity index (χ2v) is 4.53. The number of nitrogens with zero attached hydrogens (tertiary/aromatic N) is 1. The number of aromatic nitrogens is 1. The summed E-state index contributed by atoms with van der Waals surface area (Å²) in [6.07, 6.45) is 5.62. The number of hydrogen-bond donors (Lipinski definition) is 3. The summed E-state index contributed by atoms with van der Waals surface area (Å²) < 4.78 is 13.0. The van der Waals surface area contributed by atoms with Crippen LogP contribution in [0.1, 0.15) is 11.1 Å². The molecular formula is C17H17FN2O4. The van der Waals surface area contributed by atoms with E-state index in [2.05, 4.69) is 16.4 Å². The maximum absolute atomic E-state index is 13.0. The molecule has 0 unspecified atom stereocenters. The fourth-order valence-corrected chi connectivity index (χ4v) is 1.76. The van der Waals surface area contributed by atoms with Gasteiger partial charge < -0.3 is 15.5 Å². The molecule has 0 aliphatic carbocycles. The lowest BCUT2D eigenvalue weighted by Gasteiger charge is -2.08. The minimum atomic E-state index is -1.82. The molecule has 7 heteroatoms. The molecule has 1 heterocycles. The summed E-state index contributed by atoms with van der Waals surface area (Å²) in [5.74, 6) is -3.87. The monoisotopic (exact) mass is 332 g/mol. The van der Waals surface area contributed by atoms with E-state index in [4.69, 9.17) is 19.8 Å². The zero-order chi connectivity index (χ0) is 17.9. The largest absolute Gasteiger partial charge is 0.473 e. The Morgan fingerprint density at radius 1 is 1.12 bits per heavy atom. The molecule has 1 aromatic carbocycles. The first kappa shape index (κ1) is 19.0. The number of benzene rings is 1. The second kappa shape index (κ2) is 9.86. The Bertz CT molecular complexity index is 688. The van der Waals surface area contributed by atoms with E-state index in [-0.39, 0.29) is 5.82 Å². The zero-order valence-electron chi connectivity index (χ0n) is 12.9. The maximum Gasteiger partial charge on any atom is 0.414 e. The van der Waals surface area contributed by atoms with E-state index in [0.717, 1.165) is 23.2 Å². The fourth-order valence-electron chi connectivity index (χ4n) is 1.76. The van der Waals surface area contributed by atoms with Crippen molar-refractivity contribution in [2.75, 3.05) is 13.6 Å². The fraction of sp³-hybridized carbons (Fsp3) is 0.118. The number of carbonyl (C=O) groups is 2. The van der Waals surface area contributed by atoms with Gasteiger partial charge in [-0.25, -0.2) is 14.0 Å². The van der Waals surface area contributed by atoms with Crippen LogP contribution in [0.3, 0.4) is 0 Å². The normalized spacial score (nSPS) is 10.5. The highest BCUT2D eigenvalue weighted by atomic mass is 19.1. The topological polar surface area (TPSA) is 99.5 Å². The second-order valence-electron chi connectivity index (χ2n) is 4.53. The number of nitrogens with one attached hydrogen (secondary N) is 1. The number of rotatable bonds is 4. The third-order valence-electron chi connectivity index (χ3n) is 2.82. The van der Waals surface area contributed by atoms with Crippen LogP contribution in [0.2, 0.25) is 0 Å². The molecule has 3 N–H and O–H groups in total. The highest BCUT2D eigenvalue weighted by molar-refractivity contribution is 6.27. The van der Waals surface area contributed by atoms with Crippen molar-refractivity contribution in [1.29, 1.82) is 0 Å². The van der Waals surface area contributed by atoms with Crippen molar-refractivity contribution in [1.82, 2.24) is 10.3 Å². The Labute approximate surface area is 138 Å². The number of carboxylic acids is 2. The van der Waals surface area contributed by atoms with Crippen LogP contribution in [-0.4, -0.2) is 40.7 Å². The van der Waals surface area contributed by atoms with Crippen LogP contribution in [-0.2, 0) is 9.59 Å². The Morgan fingerprint density at radius 2 is 1.75 bits per heavy atom. The summed E-state index contributed by atoms with van der Waals surface area (Å²) >= 11 is 0. The predicted octanol–water partition coefficient (Wildman–Crippen LogP) is 2.03. The van der Waals surface area contributed by atoms with Crippen molar-refractivity contribution in [3.8, 4) is 0 Å². The van der Waals surface area contributed by atoms with E-state index in [1.165, 1.54) is 12.1 Å². The number of likely N-dealkylation sites (N-methyl/N-ethyl adjacent to an activating group) is 1. The molecule has 6 nitrogen and oxygen atoms in total. The smallest absolute Gasteiger partial charge is 0.414 e. The van der Waals surface area contributed by atoms with Crippen molar-refractivity contribution in [3.05, 3.63) is 71.8 Å². The van der Waals surface area contributed by atoms with Crippen molar-refractivity contribution in [2.24, 2.45) is 0 Å². The van der Waals surface area contributed by atoms with Crippen LogP contribution >= 0.6 is 0 Å². The van der Waals surface area contributed by atoms with E-state index in [1.807, 2.05) is 25.4 Å². The standard InChI is InChI=1S/C15H15FN2.C2H2O4/c1-17-10-8-15(13-3-2-9-18-11-13)12-4-6-14(16)7-5-12;3-1(4)2(5)6/h2-9,11,17H,10H2,1H3;(H,3,4)(H,5,6)/b15-8-;. The van der Waals surface area contributed by atoms with Gasteiger partial charge in [-0.05, 0) is 36.4 Å². The number of aliphatic carboxylic acids is 2. The zero-order valence-corrected chi connectivity index (χ0v) is 12.9. The predicted molar refractivity (Wildman–Crippen MR) is 86.9 cm³/mol. The van der Waals surface area contributed by atoms with Crippen molar-refractivity contribution in [3.63, 3.8) is 0 Å². The van der Waals surface area contributed by atoms with Crippen LogP contribution in [0.25, 0.3) is 5.57 Å². The van der Waals surface area contributed by atoms with E-state index < -0.39 is 11.9 Å². The summed E-state index contributed by atoms with van der Waals surface area (Å²) in [4.78, 5) is 22.3. The lowest BCUT2D eigenvalue weighted by atomic mass is 9.99. The first-order valence-corrected chi connectivity index (χ1v) is 6.93. The van der Waals surface area contributed by atoms with Crippen LogP contribution < -0.4 is 5.32 Å². The summed E-state index contributed by atoms with van der Waals surface area (Å²) in [5, 5.41) is 17.9. The van der Waals surface area contributed by atoms with E-state index in [0.29, 0.717) is 0 Å². The Hall–Kier alpha value is -3.06. The first-order valence-electron chi connectivity index (χ1n) is 6.93. The highest BCUT2D eigenvalue weighted by Crippen LogP contribution is 2.22. The molecule has 1 aromatic heterocycles. The lowest BCUT2D eigenvalue weighted by molar-refractivity contribution is -0.159. The summed E-state index contributed by atoms with van der Waals surface area (Å²) in [6, 6.07) is 10.4. The van der Waals surface area contributed by atoms with Gasteiger partial charge in [-0.2, -0.15) is 0 Å². The van der Waals surface area contributed by atoms with Crippen LogP contribution in [0.15, 0.2) is 54.9 Å². The van der Waals surface area contributed by atoms with Gasteiger partial charge in [-0.3, -0.25) is 4.98 Å². The first-order chi connectivity index (χ1) is 11.5. The quantitative estimate of drug-likeness (QED) is 0.741. The van der Waals surface area contributed by atoms with Gasteiger partial charge in [-0.1, -0.05) is 24.3 Å². The van der Waals surface area contributed by atoms with Gasteiger partial charge in [0.25, 0.3) is 0 Å². The molecule has 0 aliphatic heterocycles. The molecule has 0 amide bonds. The molecular weight excluding hydrogens is 315 g/mol. The summed E-state index contributed by atoms with van der Waals surface area (Å²) in [7, 11) is 1.89. The van der Waals surface area contributed by atoms with Gasteiger partial charge in [0.2, 0.25) is 0 Å². The Morgan fingerprint density at radius 3 is 2.21 bits per heavy atom. The molecule has 0 saturated heterocycles. The van der Waals surface area contributed by atoms with E-state index >= 15 is 0 Å². The van der Waals surface area contributed by atoms with Crippen LogP contribution in [0.4, 0.5) is 4.39 Å². The molecule has 0 spiro atoms. The average Bonchev–Trinajstić information content (AvgIpc) is 2.58. The number of halogens is 1. The van der Waals surface area contributed by atoms with Gasteiger partial charge in [-0.15, -0.1) is 0 Å².